The van der Waals surface area contributed by atoms with Crippen molar-refractivity contribution in [3.63, 3.8) is 0 Å². The second-order valence-electron chi connectivity index (χ2n) is 8.65. The molecule has 1 aromatic heterocycles. The van der Waals surface area contributed by atoms with Gasteiger partial charge in [-0.3, -0.25) is 9.59 Å². The van der Waals surface area contributed by atoms with Crippen molar-refractivity contribution in [2.24, 2.45) is 5.92 Å². The number of rotatable bonds is 5. The number of halogens is 1. The predicted molar refractivity (Wildman–Crippen MR) is 114 cm³/mol. The topological polar surface area (TPSA) is 64.6 Å². The van der Waals surface area contributed by atoms with Gasteiger partial charge in [0.1, 0.15) is 17.7 Å². The van der Waals surface area contributed by atoms with Crippen LogP contribution in [-0.2, 0) is 16.0 Å². The van der Waals surface area contributed by atoms with Crippen LogP contribution in [0.4, 0.5) is 4.39 Å². The Balaban J connectivity index is 1.44. The number of hydrogen-bond donors (Lipinski definition) is 1. The number of ketones is 1. The molecule has 2 atom stereocenters. The summed E-state index contributed by atoms with van der Waals surface area (Å²) >= 11 is 1.33. The Morgan fingerprint density at radius 1 is 1.30 bits per heavy atom. The van der Waals surface area contributed by atoms with Crippen LogP contribution in [0.25, 0.3) is 10.4 Å². The van der Waals surface area contributed by atoms with Crippen LogP contribution in [0.3, 0.4) is 0 Å². The smallest absolute Gasteiger partial charge is 0.223 e. The quantitative estimate of drug-likeness (QED) is 0.714. The van der Waals surface area contributed by atoms with Gasteiger partial charge in [-0.1, -0.05) is 0 Å². The van der Waals surface area contributed by atoms with E-state index >= 15 is 0 Å². The molecule has 3 heterocycles. The van der Waals surface area contributed by atoms with Crippen LogP contribution in [0.15, 0.2) is 24.3 Å². The monoisotopic (exact) mass is 431 g/mol. The number of amides is 1. The highest BCUT2D eigenvalue weighted by molar-refractivity contribution is 7.17. The van der Waals surface area contributed by atoms with Gasteiger partial charge >= 0.3 is 0 Å². The standard InChI is InChI=1S/C23H26FNO4S/c1-13(26)19-4-5-20(30-19)18-10-16(24)8-15-9-17(29-21(15)18)12-25-22(27)14-6-7-28-23(2,3)11-14/h4-5,8,10,14,17H,6-7,9,11-12H2,1-3H3,(H,25,27)/t14-,17-/m0/s1. The summed E-state index contributed by atoms with van der Waals surface area (Å²) in [5, 5.41) is 3.00. The molecular formula is C23H26FNO4S. The van der Waals surface area contributed by atoms with E-state index in [9.17, 15) is 14.0 Å². The van der Waals surface area contributed by atoms with Crippen molar-refractivity contribution in [2.75, 3.05) is 13.2 Å². The van der Waals surface area contributed by atoms with Crippen LogP contribution in [0.5, 0.6) is 5.75 Å². The van der Waals surface area contributed by atoms with E-state index in [4.69, 9.17) is 9.47 Å². The summed E-state index contributed by atoms with van der Waals surface area (Å²) in [6, 6.07) is 6.50. The Morgan fingerprint density at radius 3 is 2.80 bits per heavy atom. The summed E-state index contributed by atoms with van der Waals surface area (Å²) in [6.07, 6.45) is 1.69. The number of nitrogens with one attached hydrogen (secondary N) is 1. The first-order valence-electron chi connectivity index (χ1n) is 10.2. The van der Waals surface area contributed by atoms with E-state index in [0.29, 0.717) is 48.6 Å². The van der Waals surface area contributed by atoms with Gasteiger partial charge in [0, 0.05) is 34.9 Å². The van der Waals surface area contributed by atoms with Gasteiger partial charge < -0.3 is 14.8 Å². The first kappa shape index (κ1) is 21.0. The molecule has 2 aliphatic heterocycles. The van der Waals surface area contributed by atoms with E-state index in [2.05, 4.69) is 5.32 Å². The molecule has 0 saturated carbocycles. The fourth-order valence-electron chi connectivity index (χ4n) is 4.18. The van der Waals surface area contributed by atoms with E-state index in [1.54, 1.807) is 6.07 Å². The molecule has 2 aliphatic rings. The van der Waals surface area contributed by atoms with Gasteiger partial charge in [-0.15, -0.1) is 11.3 Å². The van der Waals surface area contributed by atoms with Gasteiger partial charge in [-0.25, -0.2) is 4.39 Å². The number of ether oxygens (including phenoxy) is 2. The Morgan fingerprint density at radius 2 is 2.10 bits per heavy atom. The molecule has 0 aliphatic carbocycles. The van der Waals surface area contributed by atoms with Crippen molar-refractivity contribution in [3.05, 3.63) is 40.5 Å². The van der Waals surface area contributed by atoms with Crippen LogP contribution in [0.2, 0.25) is 0 Å². The average molecular weight is 432 g/mol. The lowest BCUT2D eigenvalue weighted by Gasteiger charge is -2.34. The van der Waals surface area contributed by atoms with E-state index in [1.807, 2.05) is 19.9 Å². The van der Waals surface area contributed by atoms with Crippen molar-refractivity contribution in [1.29, 1.82) is 0 Å². The molecule has 160 valence electrons. The SMILES string of the molecule is CC(=O)c1ccc(-c2cc(F)cc3c2O[C@H](CNC(=O)[C@H]2CCOC(C)(C)C2)C3)s1. The largest absolute Gasteiger partial charge is 0.487 e. The van der Waals surface area contributed by atoms with Crippen molar-refractivity contribution < 1.29 is 23.5 Å². The lowest BCUT2D eigenvalue weighted by molar-refractivity contribution is -0.135. The van der Waals surface area contributed by atoms with Crippen molar-refractivity contribution in [3.8, 4) is 16.2 Å². The number of fused-ring (bicyclic) bond motifs is 1. The second-order valence-corrected chi connectivity index (χ2v) is 9.73. The van der Waals surface area contributed by atoms with Crippen LogP contribution in [-0.4, -0.2) is 36.5 Å². The molecule has 1 aromatic carbocycles. The van der Waals surface area contributed by atoms with Crippen LogP contribution in [0, 0.1) is 11.7 Å². The normalized spacial score (nSPS) is 22.3. The second kappa shape index (κ2) is 8.12. The number of hydrogen-bond acceptors (Lipinski definition) is 5. The zero-order valence-electron chi connectivity index (χ0n) is 17.4. The molecule has 1 saturated heterocycles. The highest BCUT2D eigenvalue weighted by atomic mass is 32.1. The van der Waals surface area contributed by atoms with Gasteiger partial charge in [-0.2, -0.15) is 0 Å². The molecule has 0 bridgehead atoms. The van der Waals surface area contributed by atoms with Crippen molar-refractivity contribution >= 4 is 23.0 Å². The van der Waals surface area contributed by atoms with Crippen LogP contribution < -0.4 is 10.1 Å². The summed E-state index contributed by atoms with van der Waals surface area (Å²) in [5.74, 6) is 0.236. The number of benzene rings is 1. The molecule has 2 aromatic rings. The third-order valence-corrected chi connectivity index (χ3v) is 6.87. The van der Waals surface area contributed by atoms with Crippen LogP contribution >= 0.6 is 11.3 Å². The lowest BCUT2D eigenvalue weighted by atomic mass is 9.88. The van der Waals surface area contributed by atoms with Gasteiger partial charge in [-0.05, 0) is 57.9 Å². The molecule has 30 heavy (non-hydrogen) atoms. The van der Waals surface area contributed by atoms with E-state index < -0.39 is 0 Å². The minimum atomic E-state index is -0.334. The zero-order chi connectivity index (χ0) is 21.5. The molecule has 0 spiro atoms. The third-order valence-electron chi connectivity index (χ3n) is 5.65. The molecule has 1 N–H and O–H groups in total. The summed E-state index contributed by atoms with van der Waals surface area (Å²) < 4.78 is 26.0. The number of thiophene rings is 1. The molecule has 7 heteroatoms. The molecule has 4 rings (SSSR count). The van der Waals surface area contributed by atoms with Gasteiger partial charge in [0.2, 0.25) is 5.91 Å². The fraction of sp³-hybridized carbons (Fsp3) is 0.478. The number of carbonyl (C=O) groups is 2. The van der Waals surface area contributed by atoms with Crippen LogP contribution in [0.1, 0.15) is 48.8 Å². The predicted octanol–water partition coefficient (Wildman–Crippen LogP) is 4.38. The Kier molecular flexibility index (Phi) is 5.68. The van der Waals surface area contributed by atoms with E-state index in [-0.39, 0.29) is 35.1 Å². The average Bonchev–Trinajstić information content (AvgIpc) is 3.31. The first-order valence-corrected chi connectivity index (χ1v) is 11.1. The lowest BCUT2D eigenvalue weighted by Crippen LogP contribution is -2.43. The molecule has 0 unspecified atom stereocenters. The van der Waals surface area contributed by atoms with Gasteiger partial charge in [0.25, 0.3) is 0 Å². The molecule has 0 radical (unpaired) electrons. The first-order chi connectivity index (χ1) is 14.2. The molecular weight excluding hydrogens is 405 g/mol. The van der Waals surface area contributed by atoms with Gasteiger partial charge in [0.05, 0.1) is 17.0 Å². The summed E-state index contributed by atoms with van der Waals surface area (Å²) in [7, 11) is 0. The maximum Gasteiger partial charge on any atom is 0.223 e. The van der Waals surface area contributed by atoms with Crippen molar-refractivity contribution in [2.45, 2.75) is 51.7 Å². The molecule has 1 amide bonds. The fourth-order valence-corrected chi connectivity index (χ4v) is 5.09. The highest BCUT2D eigenvalue weighted by Gasteiger charge is 2.34. The Labute approximate surface area is 179 Å². The molecule has 1 fully saturated rings. The highest BCUT2D eigenvalue weighted by Crippen LogP contribution is 2.42. The maximum atomic E-state index is 14.2. The van der Waals surface area contributed by atoms with Crippen molar-refractivity contribution in [1.82, 2.24) is 5.32 Å². The Bertz CT molecular complexity index is 984. The van der Waals surface area contributed by atoms with Gasteiger partial charge in [0.15, 0.2) is 5.78 Å². The molecule has 5 nitrogen and oxygen atoms in total. The minimum Gasteiger partial charge on any atom is -0.487 e. The summed E-state index contributed by atoms with van der Waals surface area (Å²) in [5.41, 5.74) is 1.16. The summed E-state index contributed by atoms with van der Waals surface area (Å²) in [6.45, 7) is 6.47. The zero-order valence-corrected chi connectivity index (χ0v) is 18.2. The van der Waals surface area contributed by atoms with E-state index in [1.165, 1.54) is 30.4 Å². The number of carbonyl (C=O) groups excluding carboxylic acids is 2. The summed E-state index contributed by atoms with van der Waals surface area (Å²) in [4.78, 5) is 25.7. The minimum absolute atomic E-state index is 0.0155. The maximum absolute atomic E-state index is 14.2. The Hall–Kier alpha value is -2.25. The number of Topliss-reactive ketones (excluding diaryl/α,β-unsaturated/α-hetero) is 1. The third kappa shape index (κ3) is 4.42. The van der Waals surface area contributed by atoms with E-state index in [0.717, 1.165) is 10.4 Å².